The quantitative estimate of drug-likeness (QED) is 0.642. The van der Waals surface area contributed by atoms with Gasteiger partial charge in [0.05, 0.1) is 6.61 Å². The highest BCUT2D eigenvalue weighted by Crippen LogP contribution is 2.27. The molecule has 3 rings (SSSR count). The molecule has 0 fully saturated rings. The highest BCUT2D eigenvalue weighted by molar-refractivity contribution is 5.90. The maximum absolute atomic E-state index is 10.3. The summed E-state index contributed by atoms with van der Waals surface area (Å²) in [5.74, 6) is -0.415. The molecule has 25 heavy (non-hydrogen) atoms. The van der Waals surface area contributed by atoms with E-state index in [9.17, 15) is 10.2 Å². The van der Waals surface area contributed by atoms with Crippen molar-refractivity contribution in [1.29, 1.82) is 0 Å². The molecule has 0 saturated carbocycles. The Bertz CT molecular complexity index is 828. The van der Waals surface area contributed by atoms with Crippen LogP contribution in [0.5, 0.6) is 11.5 Å². The van der Waals surface area contributed by atoms with Crippen molar-refractivity contribution in [3.63, 3.8) is 0 Å². The second kappa shape index (κ2) is 7.55. The molecule has 2 N–H and O–H groups in total. The van der Waals surface area contributed by atoms with Gasteiger partial charge in [0, 0.05) is 5.39 Å². The number of hydrogen-bond acceptors (Lipinski definition) is 4. The van der Waals surface area contributed by atoms with Crippen molar-refractivity contribution in [2.75, 3.05) is 13.2 Å². The summed E-state index contributed by atoms with van der Waals surface area (Å²) in [5, 5.41) is 22.1. The molecule has 0 saturated heterocycles. The third-order valence-electron chi connectivity index (χ3n) is 4.02. The van der Waals surface area contributed by atoms with Crippen molar-refractivity contribution in [3.05, 3.63) is 72.3 Å². The topological polar surface area (TPSA) is 58.9 Å². The second-order valence-corrected chi connectivity index (χ2v) is 6.16. The van der Waals surface area contributed by atoms with Crippen LogP contribution in [0.2, 0.25) is 0 Å². The average Bonchev–Trinajstić information content (AvgIpc) is 2.62. The van der Waals surface area contributed by atoms with E-state index in [4.69, 9.17) is 9.47 Å². The highest BCUT2D eigenvalue weighted by Gasteiger charge is 2.22. The minimum absolute atomic E-state index is 0.0489. The summed E-state index contributed by atoms with van der Waals surface area (Å²) in [6.45, 7) is 1.98. The van der Waals surface area contributed by atoms with Gasteiger partial charge in [-0.2, -0.15) is 0 Å². The number of rotatable bonds is 7. The van der Waals surface area contributed by atoms with Crippen molar-refractivity contribution in [3.8, 4) is 11.5 Å². The van der Waals surface area contributed by atoms with Gasteiger partial charge in [0.1, 0.15) is 18.1 Å². The normalized spacial score (nSPS) is 13.5. The third kappa shape index (κ3) is 4.50. The van der Waals surface area contributed by atoms with Crippen molar-refractivity contribution in [2.24, 2.45) is 0 Å². The minimum atomic E-state index is -1.37. The maximum Gasteiger partial charge on any atom is 0.197 e. The van der Waals surface area contributed by atoms with E-state index in [-0.39, 0.29) is 12.4 Å². The number of para-hydroxylation sites is 1. The number of hydrogen-bond donors (Lipinski definition) is 2. The molecule has 4 nitrogen and oxygen atoms in total. The summed E-state index contributed by atoms with van der Waals surface area (Å²) in [7, 11) is 0. The Morgan fingerprint density at radius 3 is 2.40 bits per heavy atom. The molecule has 0 amide bonds. The zero-order valence-electron chi connectivity index (χ0n) is 14.2. The van der Waals surface area contributed by atoms with E-state index in [1.807, 2.05) is 60.7 Å². The monoisotopic (exact) mass is 338 g/mol. The van der Waals surface area contributed by atoms with Gasteiger partial charge < -0.3 is 19.7 Å². The fraction of sp³-hybridized carbons (Fsp3) is 0.238. The molecule has 130 valence electrons. The van der Waals surface area contributed by atoms with E-state index in [1.165, 1.54) is 0 Å². The molecule has 0 aliphatic carbocycles. The summed E-state index contributed by atoms with van der Waals surface area (Å²) >= 11 is 0. The number of fused-ring (bicyclic) bond motifs is 1. The van der Waals surface area contributed by atoms with E-state index in [0.717, 1.165) is 16.3 Å². The van der Waals surface area contributed by atoms with Gasteiger partial charge in [-0.3, -0.25) is 0 Å². The van der Waals surface area contributed by atoms with Crippen molar-refractivity contribution < 1.29 is 19.7 Å². The molecule has 0 bridgehead atoms. The lowest BCUT2D eigenvalue weighted by atomic mass is 10.0. The first kappa shape index (κ1) is 17.3. The maximum atomic E-state index is 10.3. The van der Waals surface area contributed by atoms with Crippen LogP contribution >= 0.6 is 0 Å². The highest BCUT2D eigenvalue weighted by atomic mass is 16.6. The SMILES string of the molecule is CC(O)(COc1ccccc1)OCCc1cccc2c(O)cccc12. The fourth-order valence-corrected chi connectivity index (χ4v) is 2.73. The van der Waals surface area contributed by atoms with E-state index in [2.05, 4.69) is 0 Å². The summed E-state index contributed by atoms with van der Waals surface area (Å²) < 4.78 is 11.2. The average molecular weight is 338 g/mol. The van der Waals surface area contributed by atoms with Crippen LogP contribution in [-0.4, -0.2) is 29.2 Å². The summed E-state index contributed by atoms with van der Waals surface area (Å²) in [6.07, 6.45) is 0.627. The minimum Gasteiger partial charge on any atom is -0.507 e. The van der Waals surface area contributed by atoms with E-state index in [1.54, 1.807) is 13.0 Å². The zero-order chi connectivity index (χ0) is 17.7. The Kier molecular flexibility index (Phi) is 5.22. The van der Waals surface area contributed by atoms with Crippen LogP contribution in [0.25, 0.3) is 10.8 Å². The molecule has 4 heteroatoms. The van der Waals surface area contributed by atoms with Gasteiger partial charge in [-0.15, -0.1) is 0 Å². The molecule has 3 aromatic carbocycles. The van der Waals surface area contributed by atoms with E-state index in [0.29, 0.717) is 18.8 Å². The molecule has 0 spiro atoms. The first-order valence-electron chi connectivity index (χ1n) is 8.29. The van der Waals surface area contributed by atoms with Crippen LogP contribution in [0.4, 0.5) is 0 Å². The molecular weight excluding hydrogens is 316 g/mol. The van der Waals surface area contributed by atoms with Crippen LogP contribution in [-0.2, 0) is 11.2 Å². The summed E-state index contributed by atoms with van der Waals surface area (Å²) in [4.78, 5) is 0. The standard InChI is InChI=1S/C21H22O4/c1-21(23,15-24-17-8-3-2-4-9-17)25-14-13-16-7-5-11-19-18(16)10-6-12-20(19)22/h2-12,22-23H,13-15H2,1H3. The van der Waals surface area contributed by atoms with Gasteiger partial charge in [-0.1, -0.05) is 48.5 Å². The first-order valence-corrected chi connectivity index (χ1v) is 8.29. The molecule has 3 aromatic rings. The smallest absolute Gasteiger partial charge is 0.197 e. The van der Waals surface area contributed by atoms with Gasteiger partial charge in [-0.05, 0) is 42.5 Å². The molecule has 0 aliphatic heterocycles. The van der Waals surface area contributed by atoms with Crippen molar-refractivity contribution >= 4 is 10.8 Å². The lowest BCUT2D eigenvalue weighted by Crippen LogP contribution is -2.36. The predicted molar refractivity (Wildman–Crippen MR) is 97.8 cm³/mol. The van der Waals surface area contributed by atoms with Gasteiger partial charge in [-0.25, -0.2) is 0 Å². The van der Waals surface area contributed by atoms with Crippen LogP contribution in [0.3, 0.4) is 0 Å². The van der Waals surface area contributed by atoms with Crippen LogP contribution in [0.1, 0.15) is 12.5 Å². The lowest BCUT2D eigenvalue weighted by Gasteiger charge is -2.24. The molecule has 0 aromatic heterocycles. The van der Waals surface area contributed by atoms with Gasteiger partial charge in [0.15, 0.2) is 5.79 Å². The van der Waals surface area contributed by atoms with Crippen LogP contribution < -0.4 is 4.74 Å². The molecular formula is C21H22O4. The predicted octanol–water partition coefficient (Wildman–Crippen LogP) is 3.89. The van der Waals surface area contributed by atoms with Crippen molar-refractivity contribution in [2.45, 2.75) is 19.1 Å². The largest absolute Gasteiger partial charge is 0.507 e. The molecule has 0 aliphatic rings. The molecule has 0 radical (unpaired) electrons. The van der Waals surface area contributed by atoms with Gasteiger partial charge in [0.25, 0.3) is 0 Å². The Morgan fingerprint density at radius 2 is 1.60 bits per heavy atom. The van der Waals surface area contributed by atoms with Crippen LogP contribution in [0, 0.1) is 0 Å². The van der Waals surface area contributed by atoms with Crippen LogP contribution in [0.15, 0.2) is 66.7 Å². The third-order valence-corrected chi connectivity index (χ3v) is 4.02. The molecule has 1 unspecified atom stereocenters. The number of aromatic hydroxyl groups is 1. The number of ether oxygens (including phenoxy) is 2. The van der Waals surface area contributed by atoms with Gasteiger partial charge in [0.2, 0.25) is 0 Å². The number of benzene rings is 3. The Labute approximate surface area is 147 Å². The summed E-state index contributed by atoms with van der Waals surface area (Å²) in [5.41, 5.74) is 1.06. The second-order valence-electron chi connectivity index (χ2n) is 6.16. The molecule has 1 atom stereocenters. The Morgan fingerprint density at radius 1 is 0.880 bits per heavy atom. The number of phenolic OH excluding ortho intramolecular Hbond substituents is 1. The Hall–Kier alpha value is -2.56. The van der Waals surface area contributed by atoms with E-state index >= 15 is 0 Å². The number of aliphatic hydroxyl groups is 1. The van der Waals surface area contributed by atoms with Crippen molar-refractivity contribution in [1.82, 2.24) is 0 Å². The fourth-order valence-electron chi connectivity index (χ4n) is 2.73. The molecule has 0 heterocycles. The summed E-state index contributed by atoms with van der Waals surface area (Å²) in [6, 6.07) is 20.6. The zero-order valence-corrected chi connectivity index (χ0v) is 14.2. The first-order chi connectivity index (χ1) is 12.1. The van der Waals surface area contributed by atoms with Gasteiger partial charge >= 0.3 is 0 Å². The Balaban J connectivity index is 1.58. The lowest BCUT2D eigenvalue weighted by molar-refractivity contribution is -0.205. The number of phenols is 1. The van der Waals surface area contributed by atoms with E-state index < -0.39 is 5.79 Å².